The number of hydrogen-bond acceptors (Lipinski definition) is 4. The largest absolute Gasteiger partial charge is 0.479 e. The Balaban J connectivity index is 1.38. The predicted octanol–water partition coefficient (Wildman–Crippen LogP) is 3.83. The van der Waals surface area contributed by atoms with Gasteiger partial charge in [0, 0.05) is 12.0 Å². The van der Waals surface area contributed by atoms with Crippen LogP contribution in [0, 0.1) is 5.92 Å². The van der Waals surface area contributed by atoms with Crippen LogP contribution < -0.4 is 10.6 Å². The normalized spacial score (nSPS) is 20.2. The molecular formula is C24H23F3N2O5. The Kier molecular flexibility index (Phi) is 6.49. The number of ether oxygens (including phenoxy) is 1. The molecule has 180 valence electrons. The quantitative estimate of drug-likeness (QED) is 0.588. The monoisotopic (exact) mass is 476 g/mol. The number of fused-ring (bicyclic) bond motifs is 3. The van der Waals surface area contributed by atoms with Gasteiger partial charge in [0.05, 0.1) is 5.92 Å². The first kappa shape index (κ1) is 23.6. The molecule has 0 aromatic heterocycles. The Morgan fingerprint density at radius 3 is 2.15 bits per heavy atom. The van der Waals surface area contributed by atoms with Crippen molar-refractivity contribution in [1.29, 1.82) is 0 Å². The highest BCUT2D eigenvalue weighted by Gasteiger charge is 2.48. The minimum atomic E-state index is -5.13. The Labute approximate surface area is 193 Å². The number of nitrogens with one attached hydrogen (secondary N) is 2. The maximum atomic E-state index is 12.9. The summed E-state index contributed by atoms with van der Waals surface area (Å²) in [6.07, 6.45) is -4.82. The summed E-state index contributed by atoms with van der Waals surface area (Å²) in [6.45, 7) is 0.0542. The van der Waals surface area contributed by atoms with E-state index >= 15 is 0 Å². The van der Waals surface area contributed by atoms with Gasteiger partial charge >= 0.3 is 18.2 Å². The van der Waals surface area contributed by atoms with E-state index in [1.165, 1.54) is 0 Å². The number of alkyl halides is 3. The predicted molar refractivity (Wildman–Crippen MR) is 115 cm³/mol. The number of carboxylic acid groups (broad SMARTS) is 1. The van der Waals surface area contributed by atoms with Crippen LogP contribution in [0.15, 0.2) is 48.5 Å². The fraction of sp³-hybridized carbons (Fsp3) is 0.375. The molecule has 0 aliphatic heterocycles. The SMILES string of the molecule is O=C(NC1CCCC1C(=O)NC(C(=O)O)C(F)(F)F)OCC1c2ccccc2-c2ccccc21. The molecule has 0 heterocycles. The zero-order chi connectivity index (χ0) is 24.5. The molecule has 34 heavy (non-hydrogen) atoms. The molecule has 0 saturated heterocycles. The minimum Gasteiger partial charge on any atom is -0.479 e. The number of hydrogen-bond donors (Lipinski definition) is 3. The average Bonchev–Trinajstić information content (AvgIpc) is 3.37. The van der Waals surface area contributed by atoms with Crippen LogP contribution in [0.2, 0.25) is 0 Å². The van der Waals surface area contributed by atoms with Crippen molar-refractivity contribution in [3.05, 3.63) is 59.7 Å². The summed E-state index contributed by atoms with van der Waals surface area (Å²) in [5, 5.41) is 12.9. The molecule has 1 saturated carbocycles. The topological polar surface area (TPSA) is 105 Å². The zero-order valence-electron chi connectivity index (χ0n) is 18.0. The van der Waals surface area contributed by atoms with Crippen LogP contribution in [0.25, 0.3) is 11.1 Å². The maximum Gasteiger partial charge on any atom is 0.419 e. The molecule has 10 heteroatoms. The Bertz CT molecular complexity index is 1060. The first-order valence-corrected chi connectivity index (χ1v) is 10.9. The van der Waals surface area contributed by atoms with Crippen LogP contribution in [-0.4, -0.2) is 47.9 Å². The molecule has 4 rings (SSSR count). The van der Waals surface area contributed by atoms with Gasteiger partial charge in [-0.05, 0) is 35.1 Å². The number of aliphatic carboxylic acids is 1. The number of carbonyl (C=O) groups is 3. The molecule has 2 aromatic carbocycles. The molecule has 2 amide bonds. The third-order valence-corrected chi connectivity index (χ3v) is 6.36. The molecule has 2 aromatic rings. The summed E-state index contributed by atoms with van der Waals surface area (Å²) in [7, 11) is 0. The van der Waals surface area contributed by atoms with E-state index in [-0.39, 0.29) is 18.9 Å². The zero-order valence-corrected chi connectivity index (χ0v) is 18.0. The molecule has 0 bridgehead atoms. The highest BCUT2D eigenvalue weighted by atomic mass is 19.4. The third kappa shape index (κ3) is 4.71. The molecule has 3 unspecified atom stereocenters. The van der Waals surface area contributed by atoms with E-state index in [9.17, 15) is 27.6 Å². The minimum absolute atomic E-state index is 0.0542. The van der Waals surface area contributed by atoms with Gasteiger partial charge in [0.1, 0.15) is 6.61 Å². The van der Waals surface area contributed by atoms with E-state index in [0.29, 0.717) is 12.8 Å². The van der Waals surface area contributed by atoms with Crippen molar-refractivity contribution in [3.63, 3.8) is 0 Å². The van der Waals surface area contributed by atoms with Crippen LogP contribution in [0.3, 0.4) is 0 Å². The van der Waals surface area contributed by atoms with Gasteiger partial charge in [0.15, 0.2) is 0 Å². The summed E-state index contributed by atoms with van der Waals surface area (Å²) in [6, 6.07) is 11.9. The van der Waals surface area contributed by atoms with Crippen LogP contribution in [0.1, 0.15) is 36.3 Å². The van der Waals surface area contributed by atoms with Crippen molar-refractivity contribution in [2.45, 2.75) is 43.4 Å². The van der Waals surface area contributed by atoms with Crippen molar-refractivity contribution < 1.29 is 37.4 Å². The number of amides is 2. The van der Waals surface area contributed by atoms with Gasteiger partial charge in [-0.3, -0.25) is 4.79 Å². The molecule has 3 atom stereocenters. The second-order valence-electron chi connectivity index (χ2n) is 8.44. The van der Waals surface area contributed by atoms with Crippen molar-refractivity contribution >= 4 is 18.0 Å². The smallest absolute Gasteiger partial charge is 0.419 e. The lowest BCUT2D eigenvalue weighted by Gasteiger charge is -2.24. The van der Waals surface area contributed by atoms with Crippen LogP contribution >= 0.6 is 0 Å². The number of carbonyl (C=O) groups excluding carboxylic acids is 2. The molecule has 2 aliphatic rings. The van der Waals surface area contributed by atoms with Crippen molar-refractivity contribution in [2.24, 2.45) is 5.92 Å². The Morgan fingerprint density at radius 2 is 1.59 bits per heavy atom. The highest BCUT2D eigenvalue weighted by molar-refractivity contribution is 5.86. The van der Waals surface area contributed by atoms with E-state index in [2.05, 4.69) is 5.32 Å². The van der Waals surface area contributed by atoms with E-state index in [0.717, 1.165) is 22.3 Å². The first-order chi connectivity index (χ1) is 16.2. The Hall–Kier alpha value is -3.56. The van der Waals surface area contributed by atoms with E-state index in [1.807, 2.05) is 48.5 Å². The molecule has 0 spiro atoms. The number of halogens is 3. The molecule has 2 aliphatic carbocycles. The van der Waals surface area contributed by atoms with E-state index in [4.69, 9.17) is 9.84 Å². The lowest BCUT2D eigenvalue weighted by molar-refractivity contribution is -0.182. The second kappa shape index (κ2) is 9.36. The number of carboxylic acids is 1. The first-order valence-electron chi connectivity index (χ1n) is 10.9. The van der Waals surface area contributed by atoms with E-state index < -0.39 is 42.1 Å². The van der Waals surface area contributed by atoms with Crippen molar-refractivity contribution in [3.8, 4) is 11.1 Å². The average molecular weight is 476 g/mol. The van der Waals surface area contributed by atoms with Crippen LogP contribution in [0.5, 0.6) is 0 Å². The lowest BCUT2D eigenvalue weighted by atomic mass is 9.98. The summed E-state index contributed by atoms with van der Waals surface area (Å²) >= 11 is 0. The maximum absolute atomic E-state index is 12.9. The van der Waals surface area contributed by atoms with Gasteiger partial charge in [-0.25, -0.2) is 9.59 Å². The van der Waals surface area contributed by atoms with Crippen molar-refractivity contribution in [1.82, 2.24) is 10.6 Å². The summed E-state index contributed by atoms with van der Waals surface area (Å²) < 4.78 is 44.1. The van der Waals surface area contributed by atoms with Crippen LogP contribution in [0.4, 0.5) is 18.0 Å². The van der Waals surface area contributed by atoms with Gasteiger partial charge in [-0.15, -0.1) is 0 Å². The molecular weight excluding hydrogens is 453 g/mol. The number of rotatable bonds is 6. The third-order valence-electron chi connectivity index (χ3n) is 6.36. The lowest BCUT2D eigenvalue weighted by Crippen LogP contribution is -2.54. The van der Waals surface area contributed by atoms with Gasteiger partial charge in [0.2, 0.25) is 11.9 Å². The van der Waals surface area contributed by atoms with Gasteiger partial charge in [0.25, 0.3) is 0 Å². The number of alkyl carbamates (subject to hydrolysis) is 1. The summed E-state index contributed by atoms with van der Waals surface area (Å²) in [5.74, 6) is -4.40. The summed E-state index contributed by atoms with van der Waals surface area (Å²) in [5.41, 5.74) is 4.19. The molecule has 1 fully saturated rings. The van der Waals surface area contributed by atoms with E-state index in [1.54, 1.807) is 5.32 Å². The fourth-order valence-corrected chi connectivity index (χ4v) is 4.77. The summed E-state index contributed by atoms with van der Waals surface area (Å²) in [4.78, 5) is 35.8. The fourth-order valence-electron chi connectivity index (χ4n) is 4.77. The standard InChI is InChI=1S/C24H23F3N2O5/c25-24(26,27)20(22(31)32)29-21(30)17-10-5-11-19(17)28-23(33)34-12-18-15-8-3-1-6-13(15)14-7-2-4-9-16(14)18/h1-4,6-9,17-20H,5,10-12H2,(H,28,33)(H,29,30)(H,31,32). The van der Waals surface area contributed by atoms with Gasteiger partial charge in [-0.2, -0.15) is 13.2 Å². The van der Waals surface area contributed by atoms with Crippen LogP contribution in [-0.2, 0) is 14.3 Å². The molecule has 0 radical (unpaired) electrons. The highest BCUT2D eigenvalue weighted by Crippen LogP contribution is 2.44. The van der Waals surface area contributed by atoms with Crippen molar-refractivity contribution in [2.75, 3.05) is 6.61 Å². The van der Waals surface area contributed by atoms with Gasteiger partial charge < -0.3 is 20.5 Å². The molecule has 7 nitrogen and oxygen atoms in total. The second-order valence-corrected chi connectivity index (χ2v) is 8.44. The molecule has 3 N–H and O–H groups in total. The Morgan fingerprint density at radius 1 is 1.00 bits per heavy atom. The van der Waals surface area contributed by atoms with Gasteiger partial charge in [-0.1, -0.05) is 55.0 Å². The number of benzene rings is 2.